The van der Waals surface area contributed by atoms with E-state index in [0.717, 1.165) is 6.07 Å². The highest BCUT2D eigenvalue weighted by Crippen LogP contribution is 2.26. The molecule has 0 atom stereocenters. The lowest BCUT2D eigenvalue weighted by Crippen LogP contribution is -2.03. The SMILES string of the molecule is Cc1ccc(C(=O)O)c(Oc2ccc(Cl)c(F)c2)n1. The lowest BCUT2D eigenvalue weighted by molar-refractivity contribution is 0.0693. The van der Waals surface area contributed by atoms with Crippen molar-refractivity contribution in [3.8, 4) is 11.6 Å². The Kier molecular flexibility index (Phi) is 3.66. The summed E-state index contributed by atoms with van der Waals surface area (Å²) in [6.45, 7) is 1.70. The number of aryl methyl sites for hydroxylation is 1. The number of hydrogen-bond donors (Lipinski definition) is 1. The molecule has 0 fully saturated rings. The minimum Gasteiger partial charge on any atom is -0.477 e. The fraction of sp³-hybridized carbons (Fsp3) is 0.0769. The third-order valence-corrected chi connectivity index (χ3v) is 2.64. The molecule has 1 aromatic heterocycles. The minimum absolute atomic E-state index is 0.0389. The third-order valence-electron chi connectivity index (χ3n) is 2.34. The van der Waals surface area contributed by atoms with E-state index in [-0.39, 0.29) is 22.2 Å². The summed E-state index contributed by atoms with van der Waals surface area (Å²) in [6, 6.07) is 6.76. The number of aromatic carboxylic acids is 1. The molecule has 2 rings (SSSR count). The van der Waals surface area contributed by atoms with Crippen LogP contribution in [0.15, 0.2) is 30.3 Å². The Morgan fingerprint density at radius 2 is 2.11 bits per heavy atom. The van der Waals surface area contributed by atoms with Crippen LogP contribution in [-0.4, -0.2) is 16.1 Å². The van der Waals surface area contributed by atoms with Crippen molar-refractivity contribution in [2.24, 2.45) is 0 Å². The van der Waals surface area contributed by atoms with Gasteiger partial charge in [-0.05, 0) is 31.2 Å². The first kappa shape index (κ1) is 13.3. The van der Waals surface area contributed by atoms with Gasteiger partial charge in [-0.25, -0.2) is 14.2 Å². The van der Waals surface area contributed by atoms with Crippen LogP contribution in [-0.2, 0) is 0 Å². The summed E-state index contributed by atoms with van der Waals surface area (Å²) in [7, 11) is 0. The number of rotatable bonds is 3. The first-order valence-electron chi connectivity index (χ1n) is 5.31. The summed E-state index contributed by atoms with van der Waals surface area (Å²) in [5, 5.41) is 8.98. The molecule has 0 aliphatic rings. The van der Waals surface area contributed by atoms with E-state index in [2.05, 4.69) is 4.98 Å². The predicted octanol–water partition coefficient (Wildman–Crippen LogP) is 3.67. The summed E-state index contributed by atoms with van der Waals surface area (Å²) >= 11 is 5.55. The molecule has 1 aromatic carbocycles. The lowest BCUT2D eigenvalue weighted by atomic mass is 10.2. The number of pyridine rings is 1. The molecule has 98 valence electrons. The van der Waals surface area contributed by atoms with Crippen LogP contribution in [0.2, 0.25) is 5.02 Å². The molecular formula is C13H9ClFNO3. The van der Waals surface area contributed by atoms with Crippen molar-refractivity contribution in [1.29, 1.82) is 0 Å². The Balaban J connectivity index is 2.39. The van der Waals surface area contributed by atoms with Gasteiger partial charge in [-0.3, -0.25) is 0 Å². The monoisotopic (exact) mass is 281 g/mol. The summed E-state index contributed by atoms with van der Waals surface area (Å²) in [5.41, 5.74) is 0.496. The summed E-state index contributed by atoms with van der Waals surface area (Å²) < 4.78 is 18.6. The van der Waals surface area contributed by atoms with Crippen LogP contribution in [0.5, 0.6) is 11.6 Å². The zero-order chi connectivity index (χ0) is 14.0. The van der Waals surface area contributed by atoms with Crippen molar-refractivity contribution in [3.63, 3.8) is 0 Å². The summed E-state index contributed by atoms with van der Waals surface area (Å²) in [5.74, 6) is -1.78. The van der Waals surface area contributed by atoms with Gasteiger partial charge in [0.15, 0.2) is 0 Å². The molecule has 0 radical (unpaired) electrons. The molecule has 0 amide bonds. The van der Waals surface area contributed by atoms with E-state index < -0.39 is 11.8 Å². The van der Waals surface area contributed by atoms with Crippen molar-refractivity contribution in [1.82, 2.24) is 4.98 Å². The Hall–Kier alpha value is -2.14. The number of carboxylic acids is 1. The maximum atomic E-state index is 13.3. The second-order valence-electron chi connectivity index (χ2n) is 3.79. The number of ether oxygens (including phenoxy) is 1. The van der Waals surface area contributed by atoms with Crippen LogP contribution < -0.4 is 4.74 Å². The van der Waals surface area contributed by atoms with Gasteiger partial charge in [0.05, 0.1) is 5.02 Å². The van der Waals surface area contributed by atoms with Crippen molar-refractivity contribution < 1.29 is 19.0 Å². The van der Waals surface area contributed by atoms with Crippen molar-refractivity contribution in [2.75, 3.05) is 0 Å². The fourth-order valence-electron chi connectivity index (χ4n) is 1.43. The second kappa shape index (κ2) is 5.24. The summed E-state index contributed by atoms with van der Waals surface area (Å²) in [4.78, 5) is 15.0. The zero-order valence-electron chi connectivity index (χ0n) is 9.85. The fourth-order valence-corrected chi connectivity index (χ4v) is 1.54. The van der Waals surface area contributed by atoms with E-state index in [1.165, 1.54) is 18.2 Å². The second-order valence-corrected chi connectivity index (χ2v) is 4.20. The standard InChI is InChI=1S/C13H9ClFNO3/c1-7-2-4-9(13(17)18)12(16-7)19-8-3-5-10(14)11(15)6-8/h2-6H,1H3,(H,17,18). The number of nitrogens with zero attached hydrogens (tertiary/aromatic N) is 1. The average Bonchev–Trinajstić information content (AvgIpc) is 2.33. The van der Waals surface area contributed by atoms with Gasteiger partial charge in [-0.1, -0.05) is 11.6 Å². The molecule has 4 nitrogen and oxygen atoms in total. The zero-order valence-corrected chi connectivity index (χ0v) is 10.6. The molecule has 0 unspecified atom stereocenters. The van der Waals surface area contributed by atoms with E-state index in [0.29, 0.717) is 5.69 Å². The van der Waals surface area contributed by atoms with Gasteiger partial charge in [0.25, 0.3) is 0 Å². The highest BCUT2D eigenvalue weighted by Gasteiger charge is 2.14. The largest absolute Gasteiger partial charge is 0.477 e. The van der Waals surface area contributed by atoms with Crippen LogP contribution in [0.1, 0.15) is 16.1 Å². The molecule has 19 heavy (non-hydrogen) atoms. The molecule has 0 spiro atoms. The highest BCUT2D eigenvalue weighted by molar-refractivity contribution is 6.30. The predicted molar refractivity (Wildman–Crippen MR) is 67.4 cm³/mol. The Labute approximate surface area is 113 Å². The number of carbonyl (C=O) groups is 1. The van der Waals surface area contributed by atoms with E-state index in [1.807, 2.05) is 0 Å². The van der Waals surface area contributed by atoms with Gasteiger partial charge in [-0.2, -0.15) is 0 Å². The molecule has 2 aromatic rings. The molecule has 0 aliphatic heterocycles. The van der Waals surface area contributed by atoms with E-state index in [9.17, 15) is 9.18 Å². The molecule has 6 heteroatoms. The number of carboxylic acid groups (broad SMARTS) is 1. The van der Waals surface area contributed by atoms with Gasteiger partial charge < -0.3 is 9.84 Å². The van der Waals surface area contributed by atoms with Gasteiger partial charge in [0.2, 0.25) is 5.88 Å². The molecule has 0 aliphatic carbocycles. The molecule has 0 bridgehead atoms. The highest BCUT2D eigenvalue weighted by atomic mass is 35.5. The maximum Gasteiger partial charge on any atom is 0.341 e. The normalized spacial score (nSPS) is 10.3. The Morgan fingerprint density at radius 1 is 1.37 bits per heavy atom. The topological polar surface area (TPSA) is 59.4 Å². The smallest absolute Gasteiger partial charge is 0.341 e. The van der Waals surface area contributed by atoms with Gasteiger partial charge in [0.1, 0.15) is 17.1 Å². The Morgan fingerprint density at radius 3 is 2.74 bits per heavy atom. The van der Waals surface area contributed by atoms with Crippen LogP contribution in [0.3, 0.4) is 0 Å². The van der Waals surface area contributed by atoms with Crippen molar-refractivity contribution in [2.45, 2.75) is 6.92 Å². The van der Waals surface area contributed by atoms with Gasteiger partial charge in [0, 0.05) is 11.8 Å². The van der Waals surface area contributed by atoms with E-state index in [4.69, 9.17) is 21.4 Å². The molecular weight excluding hydrogens is 273 g/mol. The van der Waals surface area contributed by atoms with Crippen molar-refractivity contribution >= 4 is 17.6 Å². The van der Waals surface area contributed by atoms with Gasteiger partial charge in [-0.15, -0.1) is 0 Å². The van der Waals surface area contributed by atoms with Crippen LogP contribution >= 0.6 is 11.6 Å². The lowest BCUT2D eigenvalue weighted by Gasteiger charge is -2.08. The third kappa shape index (κ3) is 3.00. The molecule has 0 saturated heterocycles. The molecule has 1 heterocycles. The van der Waals surface area contributed by atoms with Crippen molar-refractivity contribution in [3.05, 3.63) is 52.4 Å². The van der Waals surface area contributed by atoms with Crippen LogP contribution in [0, 0.1) is 12.7 Å². The van der Waals surface area contributed by atoms with E-state index >= 15 is 0 Å². The van der Waals surface area contributed by atoms with Crippen LogP contribution in [0.4, 0.5) is 4.39 Å². The molecule has 1 N–H and O–H groups in total. The number of benzene rings is 1. The van der Waals surface area contributed by atoms with Gasteiger partial charge >= 0.3 is 5.97 Å². The van der Waals surface area contributed by atoms with E-state index in [1.54, 1.807) is 13.0 Å². The maximum absolute atomic E-state index is 13.3. The average molecular weight is 282 g/mol. The molecule has 0 saturated carbocycles. The minimum atomic E-state index is -1.17. The number of halogens is 2. The number of aromatic nitrogens is 1. The first-order chi connectivity index (χ1) is 8.97. The van der Waals surface area contributed by atoms with Crippen LogP contribution in [0.25, 0.3) is 0 Å². The number of hydrogen-bond acceptors (Lipinski definition) is 3. The quantitative estimate of drug-likeness (QED) is 0.932. The first-order valence-corrected chi connectivity index (χ1v) is 5.69. The Bertz CT molecular complexity index is 646. The summed E-state index contributed by atoms with van der Waals surface area (Å²) in [6.07, 6.45) is 0.